The van der Waals surface area contributed by atoms with Crippen molar-refractivity contribution in [3.63, 3.8) is 0 Å². The fourth-order valence-corrected chi connectivity index (χ4v) is 2.61. The summed E-state index contributed by atoms with van der Waals surface area (Å²) in [5, 5.41) is 30.4. The Balaban J connectivity index is 2.08. The molecule has 3 heterocycles. The van der Waals surface area contributed by atoms with Gasteiger partial charge in [0.1, 0.15) is 29.7 Å². The molecule has 0 unspecified atom stereocenters. The van der Waals surface area contributed by atoms with E-state index in [4.69, 9.17) is 10.5 Å². The molecule has 0 bridgehead atoms. The Hall–Kier alpha value is -1.81. The van der Waals surface area contributed by atoms with E-state index >= 15 is 0 Å². The lowest BCUT2D eigenvalue weighted by Crippen LogP contribution is -2.45. The molecule has 0 radical (unpaired) electrons. The summed E-state index contributed by atoms with van der Waals surface area (Å²) in [5.74, 6) is 0.212. The van der Waals surface area contributed by atoms with Crippen LogP contribution in [0.5, 0.6) is 0 Å². The summed E-state index contributed by atoms with van der Waals surface area (Å²) in [6.45, 7) is 2.92. The van der Waals surface area contributed by atoms with Gasteiger partial charge in [-0.3, -0.25) is 4.57 Å². The molecule has 1 fully saturated rings. The summed E-state index contributed by atoms with van der Waals surface area (Å²) in [4.78, 5) is 12.0. The van der Waals surface area contributed by atoms with E-state index in [-0.39, 0.29) is 5.82 Å². The van der Waals surface area contributed by atoms with Crippen molar-refractivity contribution in [2.24, 2.45) is 0 Å². The molecule has 1 aliphatic heterocycles. The molecule has 1 saturated heterocycles. The minimum absolute atomic E-state index is 0.212. The second-order valence-corrected chi connectivity index (χ2v) is 5.45. The maximum Gasteiger partial charge on any atom is 0.168 e. The molecule has 9 heteroatoms. The Morgan fingerprint density at radius 3 is 2.76 bits per heavy atom. The molecule has 0 spiro atoms. The van der Waals surface area contributed by atoms with Crippen molar-refractivity contribution in [2.45, 2.75) is 44.0 Å². The number of nitrogens with zero attached hydrogens (tertiary/aromatic N) is 4. The average molecular weight is 295 g/mol. The van der Waals surface area contributed by atoms with Crippen LogP contribution in [-0.2, 0) is 4.74 Å². The molecule has 3 rings (SSSR count). The minimum Gasteiger partial charge on any atom is -0.391 e. The van der Waals surface area contributed by atoms with Crippen LogP contribution in [0.1, 0.15) is 20.1 Å². The molecule has 1 aliphatic rings. The quantitative estimate of drug-likeness (QED) is 0.541. The summed E-state index contributed by atoms with van der Waals surface area (Å²) < 4.78 is 7.09. The predicted molar refractivity (Wildman–Crippen MR) is 72.0 cm³/mol. The Morgan fingerprint density at radius 1 is 1.43 bits per heavy atom. The SMILES string of the molecule is C[C@H](O)[C@H]1O[C@H](n2cnc3c(N)ncnc32)[C@@](C)(O)[C@@H]1O. The van der Waals surface area contributed by atoms with Gasteiger partial charge >= 0.3 is 0 Å². The third kappa shape index (κ3) is 1.97. The first-order valence-corrected chi connectivity index (χ1v) is 6.51. The molecular weight excluding hydrogens is 278 g/mol. The van der Waals surface area contributed by atoms with Gasteiger partial charge in [-0.05, 0) is 13.8 Å². The van der Waals surface area contributed by atoms with Crippen LogP contribution >= 0.6 is 0 Å². The molecule has 0 aliphatic carbocycles. The van der Waals surface area contributed by atoms with Crippen LogP contribution in [0.4, 0.5) is 5.82 Å². The zero-order valence-corrected chi connectivity index (χ0v) is 11.6. The van der Waals surface area contributed by atoms with E-state index in [1.807, 2.05) is 0 Å². The van der Waals surface area contributed by atoms with Gasteiger partial charge in [0.2, 0.25) is 0 Å². The number of fused-ring (bicyclic) bond motifs is 1. The van der Waals surface area contributed by atoms with Crippen LogP contribution in [0.25, 0.3) is 11.2 Å². The van der Waals surface area contributed by atoms with E-state index in [9.17, 15) is 15.3 Å². The van der Waals surface area contributed by atoms with E-state index in [1.165, 1.54) is 31.1 Å². The molecule has 0 amide bonds. The summed E-state index contributed by atoms with van der Waals surface area (Å²) in [5.41, 5.74) is 4.87. The van der Waals surface area contributed by atoms with Crippen LogP contribution in [0.15, 0.2) is 12.7 Å². The third-order valence-corrected chi connectivity index (χ3v) is 3.81. The van der Waals surface area contributed by atoms with Crippen LogP contribution in [0.2, 0.25) is 0 Å². The number of anilines is 1. The van der Waals surface area contributed by atoms with Crippen molar-refractivity contribution in [2.75, 3.05) is 5.73 Å². The summed E-state index contributed by atoms with van der Waals surface area (Å²) in [7, 11) is 0. The first-order valence-electron chi connectivity index (χ1n) is 6.51. The Kier molecular flexibility index (Phi) is 3.10. The lowest BCUT2D eigenvalue weighted by Gasteiger charge is -2.27. The normalized spacial score (nSPS) is 34.4. The van der Waals surface area contributed by atoms with Crippen LogP contribution in [-0.4, -0.2) is 58.8 Å². The van der Waals surface area contributed by atoms with E-state index in [2.05, 4.69) is 15.0 Å². The van der Waals surface area contributed by atoms with Crippen molar-refractivity contribution in [1.82, 2.24) is 19.5 Å². The number of hydrogen-bond donors (Lipinski definition) is 4. The first kappa shape index (κ1) is 14.1. The zero-order valence-electron chi connectivity index (χ0n) is 11.6. The second kappa shape index (κ2) is 4.60. The largest absolute Gasteiger partial charge is 0.391 e. The van der Waals surface area contributed by atoms with E-state index < -0.39 is 30.1 Å². The number of nitrogens with two attached hydrogens (primary N) is 1. The molecule has 5 N–H and O–H groups in total. The van der Waals surface area contributed by atoms with E-state index in [0.717, 1.165) is 0 Å². The van der Waals surface area contributed by atoms with Gasteiger partial charge in [-0.2, -0.15) is 0 Å². The highest BCUT2D eigenvalue weighted by molar-refractivity contribution is 5.81. The Bertz CT molecular complexity index is 671. The number of ether oxygens (including phenoxy) is 1. The fourth-order valence-electron chi connectivity index (χ4n) is 2.61. The highest BCUT2D eigenvalue weighted by Gasteiger charge is 2.54. The predicted octanol–water partition coefficient (Wildman–Crippen LogP) is -1.20. The second-order valence-electron chi connectivity index (χ2n) is 5.45. The maximum atomic E-state index is 10.5. The lowest BCUT2D eigenvalue weighted by molar-refractivity contribution is -0.0987. The van der Waals surface area contributed by atoms with Gasteiger partial charge in [-0.15, -0.1) is 0 Å². The monoisotopic (exact) mass is 295 g/mol. The van der Waals surface area contributed by atoms with Gasteiger partial charge < -0.3 is 25.8 Å². The Morgan fingerprint density at radius 2 is 2.14 bits per heavy atom. The summed E-state index contributed by atoms with van der Waals surface area (Å²) in [6.07, 6.45) is -1.37. The summed E-state index contributed by atoms with van der Waals surface area (Å²) >= 11 is 0. The maximum absolute atomic E-state index is 10.5. The number of hydrogen-bond acceptors (Lipinski definition) is 8. The highest BCUT2D eigenvalue weighted by Crippen LogP contribution is 2.40. The molecule has 2 aromatic heterocycles. The zero-order chi connectivity index (χ0) is 15.4. The smallest absolute Gasteiger partial charge is 0.168 e. The highest BCUT2D eigenvalue weighted by atomic mass is 16.6. The molecule has 21 heavy (non-hydrogen) atoms. The van der Waals surface area contributed by atoms with Gasteiger partial charge in [-0.25, -0.2) is 15.0 Å². The number of aliphatic hydroxyl groups is 3. The standard InChI is InChI=1S/C12H17N5O4/c1-5(18)7-8(19)12(2,20)11(21-7)17-4-16-6-9(13)14-3-15-10(6)17/h3-5,7-8,11,18-20H,1-2H3,(H2,13,14,15)/t5-,7+,8+,11-,12-/m0/s1. The molecule has 9 nitrogen and oxygen atoms in total. The Labute approximate surface area is 120 Å². The molecular formula is C12H17N5O4. The van der Waals surface area contributed by atoms with Crippen LogP contribution in [0.3, 0.4) is 0 Å². The van der Waals surface area contributed by atoms with Crippen LogP contribution in [0, 0.1) is 0 Å². The molecule has 2 aromatic rings. The summed E-state index contributed by atoms with van der Waals surface area (Å²) in [6, 6.07) is 0. The van der Waals surface area contributed by atoms with Crippen molar-refractivity contribution in [1.29, 1.82) is 0 Å². The lowest BCUT2D eigenvalue weighted by atomic mass is 9.94. The number of aliphatic hydroxyl groups excluding tert-OH is 2. The van der Waals surface area contributed by atoms with Gasteiger partial charge in [0.15, 0.2) is 17.7 Å². The number of imidazole rings is 1. The average Bonchev–Trinajstić information content (AvgIpc) is 2.92. The number of nitrogen functional groups attached to an aromatic ring is 1. The topological polar surface area (TPSA) is 140 Å². The van der Waals surface area contributed by atoms with E-state index in [1.54, 1.807) is 0 Å². The van der Waals surface area contributed by atoms with Gasteiger partial charge in [-0.1, -0.05) is 0 Å². The van der Waals surface area contributed by atoms with Crippen molar-refractivity contribution in [3.05, 3.63) is 12.7 Å². The molecule has 0 aromatic carbocycles. The van der Waals surface area contributed by atoms with Gasteiger partial charge in [0.25, 0.3) is 0 Å². The first-order chi connectivity index (χ1) is 9.84. The van der Waals surface area contributed by atoms with Gasteiger partial charge in [0, 0.05) is 0 Å². The third-order valence-electron chi connectivity index (χ3n) is 3.81. The number of rotatable bonds is 2. The van der Waals surface area contributed by atoms with Crippen molar-refractivity contribution >= 4 is 17.0 Å². The number of aromatic nitrogens is 4. The molecule has 5 atom stereocenters. The van der Waals surface area contributed by atoms with Gasteiger partial charge in [0.05, 0.1) is 12.4 Å². The molecule has 0 saturated carbocycles. The fraction of sp³-hybridized carbons (Fsp3) is 0.583. The van der Waals surface area contributed by atoms with Crippen LogP contribution < -0.4 is 5.73 Å². The van der Waals surface area contributed by atoms with Crippen molar-refractivity contribution in [3.8, 4) is 0 Å². The van der Waals surface area contributed by atoms with E-state index in [0.29, 0.717) is 11.2 Å². The van der Waals surface area contributed by atoms with Crippen molar-refractivity contribution < 1.29 is 20.1 Å². The molecule has 114 valence electrons. The minimum atomic E-state index is -1.62.